The molecular formula is C21H23N5. The number of nitrogens with one attached hydrogen (secondary N) is 3. The normalized spacial score (nSPS) is 18.2. The van der Waals surface area contributed by atoms with Crippen LogP contribution in [0.2, 0.25) is 0 Å². The summed E-state index contributed by atoms with van der Waals surface area (Å²) in [7, 11) is 0. The van der Waals surface area contributed by atoms with Crippen LogP contribution >= 0.6 is 0 Å². The molecule has 0 unspecified atom stereocenters. The quantitative estimate of drug-likeness (QED) is 0.640. The zero-order valence-corrected chi connectivity index (χ0v) is 14.8. The Kier molecular flexibility index (Phi) is 3.66. The van der Waals surface area contributed by atoms with E-state index in [0.29, 0.717) is 0 Å². The summed E-state index contributed by atoms with van der Waals surface area (Å²) in [5.74, 6) is 1.07. The van der Waals surface area contributed by atoms with Crippen molar-refractivity contribution in [3.63, 3.8) is 0 Å². The number of aromatic amines is 1. The molecule has 0 saturated heterocycles. The summed E-state index contributed by atoms with van der Waals surface area (Å²) >= 11 is 0. The average molecular weight is 345 g/mol. The smallest absolute Gasteiger partial charge is 0.137 e. The molecule has 1 aromatic carbocycles. The molecule has 0 bridgehead atoms. The van der Waals surface area contributed by atoms with E-state index in [2.05, 4.69) is 50.9 Å². The van der Waals surface area contributed by atoms with E-state index in [1.54, 1.807) is 0 Å². The van der Waals surface area contributed by atoms with Crippen LogP contribution in [0, 0.1) is 0 Å². The average Bonchev–Trinajstić information content (AvgIpc) is 3.10. The minimum absolute atomic E-state index is 0.0587. The Bertz CT molecular complexity index is 932. The number of para-hydroxylation sites is 2. The number of rotatable bonds is 2. The van der Waals surface area contributed by atoms with Crippen LogP contribution in [0.15, 0.2) is 53.7 Å². The molecule has 3 heterocycles. The van der Waals surface area contributed by atoms with Gasteiger partial charge in [0.1, 0.15) is 11.5 Å². The lowest BCUT2D eigenvalue weighted by atomic mass is 9.79. The third-order valence-corrected chi connectivity index (χ3v) is 5.56. The Morgan fingerprint density at radius 3 is 2.81 bits per heavy atom. The molecule has 1 spiro atoms. The van der Waals surface area contributed by atoms with E-state index in [0.717, 1.165) is 53.3 Å². The summed E-state index contributed by atoms with van der Waals surface area (Å²) in [5.41, 5.74) is 4.17. The van der Waals surface area contributed by atoms with Gasteiger partial charge in [-0.05, 0) is 43.2 Å². The summed E-state index contributed by atoms with van der Waals surface area (Å²) in [6.07, 6.45) is 7.87. The number of aromatic nitrogens is 2. The number of pyridine rings is 1. The molecule has 1 aliphatic heterocycles. The fraction of sp³-hybridized carbons (Fsp3) is 0.333. The predicted octanol–water partition coefficient (Wildman–Crippen LogP) is 4.51. The SMILES string of the molecule is c1ccc2c(c1)N=C(NCc1cc3cccnc3[nH]1)C1(CCCCC1)N2. The Morgan fingerprint density at radius 1 is 1.04 bits per heavy atom. The Labute approximate surface area is 153 Å². The molecule has 1 aliphatic carbocycles. The molecule has 5 rings (SSSR count). The van der Waals surface area contributed by atoms with E-state index in [1.165, 1.54) is 19.3 Å². The van der Waals surface area contributed by atoms with Gasteiger partial charge in [0.05, 0.1) is 23.5 Å². The van der Waals surface area contributed by atoms with Gasteiger partial charge in [-0.1, -0.05) is 31.4 Å². The minimum atomic E-state index is -0.0587. The van der Waals surface area contributed by atoms with E-state index >= 15 is 0 Å². The number of hydrogen-bond acceptors (Lipinski definition) is 4. The van der Waals surface area contributed by atoms with Gasteiger partial charge in [0.15, 0.2) is 0 Å². The van der Waals surface area contributed by atoms with Gasteiger partial charge in [0.2, 0.25) is 0 Å². The number of anilines is 1. The molecular weight excluding hydrogens is 322 g/mol. The van der Waals surface area contributed by atoms with Crippen LogP contribution in [-0.2, 0) is 6.54 Å². The van der Waals surface area contributed by atoms with Crippen molar-refractivity contribution in [3.8, 4) is 0 Å². The lowest BCUT2D eigenvalue weighted by Crippen LogP contribution is -2.54. The van der Waals surface area contributed by atoms with Crippen molar-refractivity contribution in [1.82, 2.24) is 15.3 Å². The molecule has 1 saturated carbocycles. The van der Waals surface area contributed by atoms with Crippen LogP contribution in [0.25, 0.3) is 11.0 Å². The number of nitrogens with zero attached hydrogens (tertiary/aromatic N) is 2. The maximum atomic E-state index is 5.00. The molecule has 1 fully saturated rings. The highest BCUT2D eigenvalue weighted by Crippen LogP contribution is 2.40. The Balaban J connectivity index is 1.45. The second-order valence-electron chi connectivity index (χ2n) is 7.33. The second-order valence-corrected chi connectivity index (χ2v) is 7.33. The molecule has 5 nitrogen and oxygen atoms in total. The molecule has 0 radical (unpaired) electrons. The number of H-pyrrole nitrogens is 1. The first-order chi connectivity index (χ1) is 12.8. The van der Waals surface area contributed by atoms with Gasteiger partial charge in [-0.3, -0.25) is 0 Å². The van der Waals surface area contributed by atoms with Gasteiger partial charge >= 0.3 is 0 Å². The molecule has 0 atom stereocenters. The van der Waals surface area contributed by atoms with Crippen molar-refractivity contribution in [2.45, 2.75) is 44.2 Å². The van der Waals surface area contributed by atoms with Gasteiger partial charge in [0.25, 0.3) is 0 Å². The highest BCUT2D eigenvalue weighted by molar-refractivity contribution is 6.00. The van der Waals surface area contributed by atoms with Crippen molar-refractivity contribution < 1.29 is 0 Å². The van der Waals surface area contributed by atoms with Crippen LogP contribution in [0.5, 0.6) is 0 Å². The predicted molar refractivity (Wildman–Crippen MR) is 106 cm³/mol. The molecule has 5 heteroatoms. The fourth-order valence-corrected chi connectivity index (χ4v) is 4.24. The van der Waals surface area contributed by atoms with Crippen molar-refractivity contribution in [1.29, 1.82) is 0 Å². The molecule has 2 aromatic heterocycles. The molecule has 3 aromatic rings. The van der Waals surface area contributed by atoms with Crippen LogP contribution in [0.3, 0.4) is 0 Å². The first-order valence-electron chi connectivity index (χ1n) is 9.45. The van der Waals surface area contributed by atoms with Crippen LogP contribution in [0.1, 0.15) is 37.8 Å². The number of benzene rings is 1. The maximum Gasteiger partial charge on any atom is 0.137 e. The standard InChI is InChI=1S/C21H23N5/c1-4-10-21(11-5-1)20(25-17-8-2-3-9-18(17)26-21)23-14-16-13-15-7-6-12-22-19(15)24-16/h2-3,6-9,12-13,26H,1,4-5,10-11,14H2,(H,22,24)(H,23,25). The van der Waals surface area contributed by atoms with Crippen molar-refractivity contribution in [3.05, 3.63) is 54.4 Å². The number of amidine groups is 1. The first kappa shape index (κ1) is 15.4. The Morgan fingerprint density at radius 2 is 1.92 bits per heavy atom. The van der Waals surface area contributed by atoms with Crippen molar-refractivity contribution >= 4 is 28.2 Å². The monoisotopic (exact) mass is 345 g/mol. The summed E-state index contributed by atoms with van der Waals surface area (Å²) in [4.78, 5) is 12.8. The topological polar surface area (TPSA) is 65.1 Å². The molecule has 26 heavy (non-hydrogen) atoms. The molecule has 132 valence electrons. The third-order valence-electron chi connectivity index (χ3n) is 5.56. The zero-order chi connectivity index (χ0) is 17.4. The van der Waals surface area contributed by atoms with Gasteiger partial charge in [0, 0.05) is 17.3 Å². The molecule has 0 amide bonds. The first-order valence-corrected chi connectivity index (χ1v) is 9.45. The van der Waals surface area contributed by atoms with Gasteiger partial charge in [-0.25, -0.2) is 9.98 Å². The summed E-state index contributed by atoms with van der Waals surface area (Å²) in [5, 5.41) is 8.58. The van der Waals surface area contributed by atoms with E-state index in [4.69, 9.17) is 4.99 Å². The lowest BCUT2D eigenvalue weighted by molar-refractivity contribution is 0.396. The van der Waals surface area contributed by atoms with Crippen LogP contribution in [-0.4, -0.2) is 21.3 Å². The van der Waals surface area contributed by atoms with Gasteiger partial charge < -0.3 is 15.6 Å². The lowest BCUT2D eigenvalue weighted by Gasteiger charge is -2.42. The highest BCUT2D eigenvalue weighted by atomic mass is 15.2. The zero-order valence-electron chi connectivity index (χ0n) is 14.8. The summed E-state index contributed by atoms with van der Waals surface area (Å²) in [6, 6.07) is 14.5. The minimum Gasteiger partial charge on any atom is -0.371 e. The third kappa shape index (κ3) is 2.64. The highest BCUT2D eigenvalue weighted by Gasteiger charge is 2.40. The molecule has 3 N–H and O–H groups in total. The van der Waals surface area contributed by atoms with Gasteiger partial charge in [-0.2, -0.15) is 0 Å². The second kappa shape index (κ2) is 6.16. The van der Waals surface area contributed by atoms with Crippen LogP contribution in [0.4, 0.5) is 11.4 Å². The molecule has 2 aliphatic rings. The van der Waals surface area contributed by atoms with E-state index in [-0.39, 0.29) is 5.54 Å². The summed E-state index contributed by atoms with van der Waals surface area (Å²) < 4.78 is 0. The number of aliphatic imine (C=N–C) groups is 1. The van der Waals surface area contributed by atoms with E-state index in [9.17, 15) is 0 Å². The van der Waals surface area contributed by atoms with E-state index < -0.39 is 0 Å². The largest absolute Gasteiger partial charge is 0.371 e. The maximum absolute atomic E-state index is 5.00. The van der Waals surface area contributed by atoms with E-state index in [1.807, 2.05) is 18.3 Å². The van der Waals surface area contributed by atoms with Crippen molar-refractivity contribution in [2.24, 2.45) is 4.99 Å². The number of fused-ring (bicyclic) bond motifs is 2. The summed E-state index contributed by atoms with van der Waals surface area (Å²) in [6.45, 7) is 0.723. The van der Waals surface area contributed by atoms with Crippen molar-refractivity contribution in [2.75, 3.05) is 5.32 Å². The number of hydrogen-bond donors (Lipinski definition) is 3. The van der Waals surface area contributed by atoms with Crippen LogP contribution < -0.4 is 10.6 Å². The van der Waals surface area contributed by atoms with Gasteiger partial charge in [-0.15, -0.1) is 0 Å². The fourth-order valence-electron chi connectivity index (χ4n) is 4.24. The Hall–Kier alpha value is -2.82.